The predicted molar refractivity (Wildman–Crippen MR) is 77.0 cm³/mol. The molecule has 3 rings (SSSR count). The number of aryl methyl sites for hydroxylation is 1. The number of fused-ring (bicyclic) bond motifs is 1. The fourth-order valence-corrected chi connectivity index (χ4v) is 2.28. The van der Waals surface area contributed by atoms with Gasteiger partial charge in [-0.1, -0.05) is 0 Å². The van der Waals surface area contributed by atoms with Crippen LogP contribution in [0.4, 0.5) is 4.39 Å². The molecular formula is C15H11FN2O4. The zero-order valence-corrected chi connectivity index (χ0v) is 11.4. The van der Waals surface area contributed by atoms with Crippen molar-refractivity contribution in [2.75, 3.05) is 0 Å². The van der Waals surface area contributed by atoms with Crippen molar-refractivity contribution in [2.24, 2.45) is 0 Å². The normalized spacial score (nSPS) is 11.0. The average molecular weight is 302 g/mol. The number of hydrogen-bond donors (Lipinski definition) is 3. The summed E-state index contributed by atoms with van der Waals surface area (Å²) in [5.41, 5.74) is -0.185. The number of phenols is 3. The molecule has 2 aromatic carbocycles. The number of aromatic nitrogens is 2. The smallest absolute Gasteiger partial charge is 0.283 e. The van der Waals surface area contributed by atoms with Crippen molar-refractivity contribution in [1.29, 1.82) is 0 Å². The van der Waals surface area contributed by atoms with Crippen molar-refractivity contribution >= 4 is 10.8 Å². The van der Waals surface area contributed by atoms with Crippen molar-refractivity contribution < 1.29 is 19.7 Å². The van der Waals surface area contributed by atoms with Gasteiger partial charge in [0.1, 0.15) is 11.5 Å². The van der Waals surface area contributed by atoms with Crippen LogP contribution in [-0.4, -0.2) is 25.1 Å². The summed E-state index contributed by atoms with van der Waals surface area (Å²) in [5, 5.41) is 33.0. The highest BCUT2D eigenvalue weighted by atomic mass is 19.1. The Labute approximate surface area is 123 Å². The predicted octanol–water partition coefficient (Wildman–Crippen LogP) is 1.95. The van der Waals surface area contributed by atoms with E-state index in [9.17, 15) is 24.5 Å². The molecule has 1 aromatic heterocycles. The summed E-state index contributed by atoms with van der Waals surface area (Å²) in [7, 11) is 0. The Morgan fingerprint density at radius 1 is 1.09 bits per heavy atom. The Hall–Kier alpha value is -3.09. The maximum atomic E-state index is 13.5. The second kappa shape index (κ2) is 4.73. The largest absolute Gasteiger partial charge is 0.508 e. The summed E-state index contributed by atoms with van der Waals surface area (Å²) in [6, 6.07) is 5.77. The Balaban J connectivity index is 2.39. The molecule has 0 radical (unpaired) electrons. The third kappa shape index (κ3) is 2.03. The van der Waals surface area contributed by atoms with Crippen LogP contribution in [0.15, 0.2) is 35.1 Å². The van der Waals surface area contributed by atoms with Crippen molar-refractivity contribution in [1.82, 2.24) is 9.78 Å². The summed E-state index contributed by atoms with van der Waals surface area (Å²) in [6.07, 6.45) is 0. The van der Waals surface area contributed by atoms with Crippen LogP contribution in [0.5, 0.6) is 17.2 Å². The van der Waals surface area contributed by atoms with Gasteiger partial charge in [0.05, 0.1) is 16.8 Å². The third-order valence-corrected chi connectivity index (χ3v) is 3.32. The molecule has 0 spiro atoms. The van der Waals surface area contributed by atoms with Gasteiger partial charge in [0, 0.05) is 17.5 Å². The number of hydrogen-bond acceptors (Lipinski definition) is 5. The first kappa shape index (κ1) is 13.9. The minimum absolute atomic E-state index is 0.0289. The van der Waals surface area contributed by atoms with Gasteiger partial charge in [-0.3, -0.25) is 4.79 Å². The zero-order chi connectivity index (χ0) is 16.0. The summed E-state index contributed by atoms with van der Waals surface area (Å²) >= 11 is 0. The molecule has 3 N–H and O–H groups in total. The molecule has 0 bridgehead atoms. The second-order valence-corrected chi connectivity index (χ2v) is 4.83. The molecule has 0 aliphatic heterocycles. The van der Waals surface area contributed by atoms with Gasteiger partial charge in [0.25, 0.3) is 5.56 Å². The van der Waals surface area contributed by atoms with Crippen LogP contribution < -0.4 is 5.56 Å². The molecule has 0 atom stereocenters. The first-order valence-corrected chi connectivity index (χ1v) is 6.33. The molecule has 3 aromatic rings. The molecule has 22 heavy (non-hydrogen) atoms. The lowest BCUT2D eigenvalue weighted by atomic mass is 10.1. The van der Waals surface area contributed by atoms with Gasteiger partial charge >= 0.3 is 0 Å². The number of halogens is 1. The van der Waals surface area contributed by atoms with Crippen LogP contribution in [0.1, 0.15) is 5.69 Å². The SMILES string of the molecule is Cc1nn(-c2ccc(O)c(F)c2)c(=O)c2c(O)cc(O)cc12. The van der Waals surface area contributed by atoms with E-state index >= 15 is 0 Å². The van der Waals surface area contributed by atoms with Gasteiger partial charge in [-0.2, -0.15) is 9.78 Å². The van der Waals surface area contributed by atoms with Gasteiger partial charge in [-0.15, -0.1) is 0 Å². The summed E-state index contributed by atoms with van der Waals surface area (Å²) in [6.45, 7) is 1.59. The van der Waals surface area contributed by atoms with Gasteiger partial charge in [0.15, 0.2) is 11.6 Å². The Morgan fingerprint density at radius 2 is 1.82 bits per heavy atom. The highest BCUT2D eigenvalue weighted by Gasteiger charge is 2.15. The monoisotopic (exact) mass is 302 g/mol. The third-order valence-electron chi connectivity index (χ3n) is 3.32. The van der Waals surface area contributed by atoms with E-state index in [1.54, 1.807) is 6.92 Å². The maximum Gasteiger partial charge on any atom is 0.283 e. The fraction of sp³-hybridized carbons (Fsp3) is 0.0667. The van der Waals surface area contributed by atoms with Crippen LogP contribution >= 0.6 is 0 Å². The van der Waals surface area contributed by atoms with E-state index in [0.29, 0.717) is 11.1 Å². The van der Waals surface area contributed by atoms with E-state index in [-0.39, 0.29) is 16.8 Å². The van der Waals surface area contributed by atoms with E-state index in [2.05, 4.69) is 5.10 Å². The second-order valence-electron chi connectivity index (χ2n) is 4.83. The fourth-order valence-electron chi connectivity index (χ4n) is 2.28. The van der Waals surface area contributed by atoms with E-state index in [4.69, 9.17) is 0 Å². The molecule has 0 fully saturated rings. The van der Waals surface area contributed by atoms with E-state index in [1.165, 1.54) is 12.1 Å². The summed E-state index contributed by atoms with van der Waals surface area (Å²) < 4.78 is 14.4. The highest BCUT2D eigenvalue weighted by molar-refractivity contribution is 5.90. The van der Waals surface area contributed by atoms with Gasteiger partial charge in [0.2, 0.25) is 0 Å². The van der Waals surface area contributed by atoms with Crippen molar-refractivity contribution in [2.45, 2.75) is 6.92 Å². The lowest BCUT2D eigenvalue weighted by Crippen LogP contribution is -2.22. The summed E-state index contributed by atoms with van der Waals surface area (Å²) in [4.78, 5) is 12.5. The van der Waals surface area contributed by atoms with E-state index in [1.807, 2.05) is 0 Å². The van der Waals surface area contributed by atoms with Crippen molar-refractivity contribution in [3.8, 4) is 22.9 Å². The molecule has 0 amide bonds. The van der Waals surface area contributed by atoms with Crippen LogP contribution in [-0.2, 0) is 0 Å². The Bertz CT molecular complexity index is 966. The minimum Gasteiger partial charge on any atom is -0.508 e. The van der Waals surface area contributed by atoms with E-state index < -0.39 is 22.9 Å². The zero-order valence-electron chi connectivity index (χ0n) is 11.4. The topological polar surface area (TPSA) is 95.6 Å². The number of benzene rings is 2. The first-order valence-electron chi connectivity index (χ1n) is 6.33. The molecular weight excluding hydrogens is 291 g/mol. The van der Waals surface area contributed by atoms with Crippen LogP contribution in [0.25, 0.3) is 16.5 Å². The highest BCUT2D eigenvalue weighted by Crippen LogP contribution is 2.29. The molecule has 1 heterocycles. The number of rotatable bonds is 1. The first-order chi connectivity index (χ1) is 10.4. The summed E-state index contributed by atoms with van der Waals surface area (Å²) in [5.74, 6) is -2.01. The molecule has 0 saturated carbocycles. The van der Waals surface area contributed by atoms with Gasteiger partial charge in [-0.25, -0.2) is 4.39 Å². The Kier molecular flexibility index (Phi) is 2.98. The molecule has 7 heteroatoms. The van der Waals surface area contributed by atoms with Crippen molar-refractivity contribution in [3.63, 3.8) is 0 Å². The number of aromatic hydroxyl groups is 3. The standard InChI is InChI=1S/C15H11FN2O4/c1-7-10-5-9(19)6-13(21)14(10)15(22)18(17-7)8-2-3-12(20)11(16)4-8/h2-6,19-21H,1H3. The molecule has 112 valence electrons. The average Bonchev–Trinajstić information content (AvgIpc) is 2.45. The van der Waals surface area contributed by atoms with Gasteiger partial charge < -0.3 is 15.3 Å². The molecule has 6 nitrogen and oxygen atoms in total. The van der Waals surface area contributed by atoms with Gasteiger partial charge in [-0.05, 0) is 25.1 Å². The minimum atomic E-state index is -0.890. The quantitative estimate of drug-likeness (QED) is 0.638. The molecule has 0 aliphatic carbocycles. The number of nitrogens with zero attached hydrogens (tertiary/aromatic N) is 2. The maximum absolute atomic E-state index is 13.5. The molecule has 0 unspecified atom stereocenters. The van der Waals surface area contributed by atoms with Crippen LogP contribution in [0, 0.1) is 12.7 Å². The number of phenolic OH excluding ortho intramolecular Hbond substituents is 3. The lowest BCUT2D eigenvalue weighted by Gasteiger charge is -2.10. The van der Waals surface area contributed by atoms with Crippen molar-refractivity contribution in [3.05, 3.63) is 52.2 Å². The van der Waals surface area contributed by atoms with Crippen LogP contribution in [0.3, 0.4) is 0 Å². The molecule has 0 saturated heterocycles. The molecule has 0 aliphatic rings. The lowest BCUT2D eigenvalue weighted by molar-refractivity contribution is 0.432. The van der Waals surface area contributed by atoms with Crippen LogP contribution in [0.2, 0.25) is 0 Å². The Morgan fingerprint density at radius 3 is 2.50 bits per heavy atom. The van der Waals surface area contributed by atoms with E-state index in [0.717, 1.165) is 22.9 Å².